The molecule has 2 nitrogen and oxygen atoms in total. The molecule has 1 amide bonds. The molecule has 1 aliphatic heterocycles. The molecule has 0 fully saturated rings. The highest BCUT2D eigenvalue weighted by Crippen LogP contribution is 2.46. The fourth-order valence-corrected chi connectivity index (χ4v) is 5.31. The van der Waals surface area contributed by atoms with Gasteiger partial charge in [0.2, 0.25) is 5.91 Å². The fraction of sp³-hybridized carbons (Fsp3) is 0.174. The molecule has 0 bridgehead atoms. The minimum Gasteiger partial charge on any atom is -0.314 e. The van der Waals surface area contributed by atoms with Gasteiger partial charge in [-0.1, -0.05) is 64.0 Å². The second kappa shape index (κ2) is 7.53. The van der Waals surface area contributed by atoms with Crippen molar-refractivity contribution in [2.45, 2.75) is 23.0 Å². The molecule has 0 radical (unpaired) electrons. The van der Waals surface area contributed by atoms with E-state index in [1.165, 1.54) is 11.1 Å². The van der Waals surface area contributed by atoms with Crippen molar-refractivity contribution in [3.8, 4) is 0 Å². The van der Waals surface area contributed by atoms with Gasteiger partial charge in [-0.05, 0) is 48.4 Å². The molecule has 27 heavy (non-hydrogen) atoms. The smallest absolute Gasteiger partial charge is 0.241 e. The van der Waals surface area contributed by atoms with Crippen molar-refractivity contribution < 1.29 is 4.79 Å². The summed E-state index contributed by atoms with van der Waals surface area (Å²) in [6.45, 7) is 2.08. The Morgan fingerprint density at radius 2 is 1.70 bits per heavy atom. The number of aryl methyl sites for hydroxylation is 1. The lowest BCUT2D eigenvalue weighted by Crippen LogP contribution is -2.43. The van der Waals surface area contributed by atoms with E-state index in [4.69, 9.17) is 0 Å². The van der Waals surface area contributed by atoms with Crippen molar-refractivity contribution >= 4 is 39.3 Å². The summed E-state index contributed by atoms with van der Waals surface area (Å²) >= 11 is 5.24. The number of benzene rings is 3. The Balaban J connectivity index is 1.83. The van der Waals surface area contributed by atoms with E-state index in [-0.39, 0.29) is 17.1 Å². The average Bonchev–Trinajstić information content (AvgIpc) is 2.68. The first-order chi connectivity index (χ1) is 13.0. The van der Waals surface area contributed by atoms with E-state index >= 15 is 0 Å². The van der Waals surface area contributed by atoms with Crippen molar-refractivity contribution in [3.63, 3.8) is 0 Å². The molecule has 4 rings (SSSR count). The first kappa shape index (κ1) is 18.3. The number of amides is 1. The molecule has 1 heterocycles. The predicted molar refractivity (Wildman–Crippen MR) is 117 cm³/mol. The number of carbonyl (C=O) groups is 1. The summed E-state index contributed by atoms with van der Waals surface area (Å²) in [6.07, 6.45) is 0. The van der Waals surface area contributed by atoms with Gasteiger partial charge < -0.3 is 4.90 Å². The van der Waals surface area contributed by atoms with Crippen LogP contribution in [-0.2, 0) is 4.79 Å². The van der Waals surface area contributed by atoms with E-state index in [0.717, 1.165) is 20.6 Å². The van der Waals surface area contributed by atoms with Gasteiger partial charge in [0, 0.05) is 28.0 Å². The van der Waals surface area contributed by atoms with Gasteiger partial charge in [0.05, 0.1) is 5.25 Å². The number of rotatable bonds is 3. The summed E-state index contributed by atoms with van der Waals surface area (Å²) in [5.41, 5.74) is 4.57. The zero-order valence-electron chi connectivity index (χ0n) is 15.2. The van der Waals surface area contributed by atoms with E-state index in [9.17, 15) is 4.79 Å². The Bertz CT molecular complexity index is 986. The van der Waals surface area contributed by atoms with Gasteiger partial charge in [0.25, 0.3) is 0 Å². The van der Waals surface area contributed by atoms with Crippen LogP contribution in [0.4, 0.5) is 5.69 Å². The molecule has 0 aliphatic carbocycles. The van der Waals surface area contributed by atoms with Crippen LogP contribution >= 0.6 is 27.7 Å². The fourth-order valence-electron chi connectivity index (χ4n) is 3.61. The minimum absolute atomic E-state index is 0.00806. The van der Waals surface area contributed by atoms with Gasteiger partial charge in [-0.3, -0.25) is 4.79 Å². The largest absolute Gasteiger partial charge is 0.314 e. The monoisotopic (exact) mass is 437 g/mol. The van der Waals surface area contributed by atoms with E-state index in [2.05, 4.69) is 71.4 Å². The SMILES string of the molecule is Cc1ccc(S[C@@H]2C(=O)N(C)c3ccccc3[C@@H]2c2cccc(Br)c2)cc1. The van der Waals surface area contributed by atoms with Crippen LogP contribution in [0.25, 0.3) is 0 Å². The third-order valence-electron chi connectivity index (χ3n) is 5.00. The normalized spacial score (nSPS) is 19.1. The third kappa shape index (κ3) is 3.56. The summed E-state index contributed by atoms with van der Waals surface area (Å²) in [7, 11) is 1.88. The molecule has 136 valence electrons. The van der Waals surface area contributed by atoms with Gasteiger partial charge in [-0.25, -0.2) is 0 Å². The number of carbonyl (C=O) groups excluding carboxylic acids is 1. The Hall–Kier alpha value is -2.04. The molecule has 0 aromatic heterocycles. The van der Waals surface area contributed by atoms with E-state index in [0.29, 0.717) is 0 Å². The maximum absolute atomic E-state index is 13.3. The highest BCUT2D eigenvalue weighted by atomic mass is 79.9. The van der Waals surface area contributed by atoms with Crippen LogP contribution < -0.4 is 4.90 Å². The lowest BCUT2D eigenvalue weighted by molar-refractivity contribution is -0.118. The number of para-hydroxylation sites is 1. The van der Waals surface area contributed by atoms with Crippen LogP contribution in [-0.4, -0.2) is 18.2 Å². The average molecular weight is 438 g/mol. The molecule has 1 aliphatic rings. The number of halogens is 1. The topological polar surface area (TPSA) is 20.3 Å². The van der Waals surface area contributed by atoms with Crippen LogP contribution in [0.15, 0.2) is 82.2 Å². The van der Waals surface area contributed by atoms with Crippen molar-refractivity contribution in [2.75, 3.05) is 11.9 Å². The van der Waals surface area contributed by atoms with Crippen LogP contribution in [0.3, 0.4) is 0 Å². The molecule has 0 saturated carbocycles. The van der Waals surface area contributed by atoms with Gasteiger partial charge in [0.15, 0.2) is 0 Å². The number of nitrogens with zero attached hydrogens (tertiary/aromatic N) is 1. The Labute approximate surface area is 172 Å². The molecule has 4 heteroatoms. The number of hydrogen-bond acceptors (Lipinski definition) is 2. The van der Waals surface area contributed by atoms with Crippen LogP contribution in [0.5, 0.6) is 0 Å². The zero-order valence-corrected chi connectivity index (χ0v) is 17.6. The number of anilines is 1. The summed E-state index contributed by atoms with van der Waals surface area (Å²) in [4.78, 5) is 16.2. The van der Waals surface area contributed by atoms with Crippen LogP contribution in [0, 0.1) is 6.92 Å². The van der Waals surface area contributed by atoms with Gasteiger partial charge in [-0.15, -0.1) is 11.8 Å². The van der Waals surface area contributed by atoms with Crippen LogP contribution in [0.1, 0.15) is 22.6 Å². The highest BCUT2D eigenvalue weighted by Gasteiger charge is 2.40. The number of fused-ring (bicyclic) bond motifs is 1. The molecule has 0 spiro atoms. The Morgan fingerprint density at radius 1 is 0.963 bits per heavy atom. The summed E-state index contributed by atoms with van der Waals surface area (Å²) in [5, 5.41) is -0.207. The quantitative estimate of drug-likeness (QED) is 0.498. The molecule has 2 atom stereocenters. The maximum atomic E-state index is 13.3. The van der Waals surface area contributed by atoms with Gasteiger partial charge in [-0.2, -0.15) is 0 Å². The predicted octanol–water partition coefficient (Wildman–Crippen LogP) is 6.03. The minimum atomic E-state index is -0.207. The van der Waals surface area contributed by atoms with Crippen molar-refractivity contribution in [3.05, 3.63) is 94.0 Å². The molecular weight excluding hydrogens is 418 g/mol. The molecule has 3 aromatic rings. The maximum Gasteiger partial charge on any atom is 0.241 e. The van der Waals surface area contributed by atoms with E-state index in [1.807, 2.05) is 31.3 Å². The molecule has 3 aromatic carbocycles. The van der Waals surface area contributed by atoms with Crippen molar-refractivity contribution in [1.82, 2.24) is 0 Å². The van der Waals surface area contributed by atoms with Crippen molar-refractivity contribution in [2.24, 2.45) is 0 Å². The van der Waals surface area contributed by atoms with Crippen molar-refractivity contribution in [1.29, 1.82) is 0 Å². The second-order valence-corrected chi connectivity index (χ2v) is 8.97. The lowest BCUT2D eigenvalue weighted by atomic mass is 9.84. The third-order valence-corrected chi connectivity index (χ3v) is 6.77. The number of thioether (sulfide) groups is 1. The molecule has 0 N–H and O–H groups in total. The molecule has 0 saturated heterocycles. The first-order valence-electron chi connectivity index (χ1n) is 8.90. The molecular formula is C23H20BrNOS. The summed E-state index contributed by atoms with van der Waals surface area (Å²) < 4.78 is 1.03. The van der Waals surface area contributed by atoms with Crippen LogP contribution in [0.2, 0.25) is 0 Å². The highest BCUT2D eigenvalue weighted by molar-refractivity contribution is 9.10. The molecule has 0 unspecified atom stereocenters. The zero-order chi connectivity index (χ0) is 19.0. The Kier molecular flexibility index (Phi) is 5.11. The van der Waals surface area contributed by atoms with E-state index < -0.39 is 0 Å². The number of hydrogen-bond donors (Lipinski definition) is 0. The Morgan fingerprint density at radius 3 is 2.44 bits per heavy atom. The second-order valence-electron chi connectivity index (χ2n) is 6.84. The summed E-state index contributed by atoms with van der Waals surface area (Å²) in [5.74, 6) is 0.151. The standard InChI is InChI=1S/C23H20BrNOS/c1-15-10-12-18(13-11-15)27-22-21(16-6-5-7-17(24)14-16)19-8-3-4-9-20(19)25(2)23(22)26/h3-14,21-22H,1-2H3/t21-,22-/m0/s1. The van der Waals surface area contributed by atoms with E-state index in [1.54, 1.807) is 16.7 Å². The lowest BCUT2D eigenvalue weighted by Gasteiger charge is -2.37. The summed E-state index contributed by atoms with van der Waals surface area (Å²) in [6, 6.07) is 24.9. The first-order valence-corrected chi connectivity index (χ1v) is 10.6. The van der Waals surface area contributed by atoms with Gasteiger partial charge in [0.1, 0.15) is 0 Å². The van der Waals surface area contributed by atoms with Gasteiger partial charge >= 0.3 is 0 Å².